The minimum Gasteiger partial charge on any atom is -0.466 e. The Hall–Kier alpha value is -1.59. The van der Waals surface area contributed by atoms with Crippen molar-refractivity contribution in [1.82, 2.24) is 10.2 Å². The second kappa shape index (κ2) is 5.81. The monoisotopic (exact) mass is 310 g/mol. The molecule has 20 heavy (non-hydrogen) atoms. The molecule has 0 spiro atoms. The van der Waals surface area contributed by atoms with E-state index in [2.05, 4.69) is 5.32 Å². The summed E-state index contributed by atoms with van der Waals surface area (Å²) in [6.07, 6.45) is 0. The number of nitrogens with zero attached hydrogens (tertiary/aromatic N) is 1. The number of carbonyl (C=O) groups excluding carboxylic acids is 1. The molecule has 0 aliphatic carbocycles. The Kier molecular flexibility index (Phi) is 4.30. The lowest BCUT2D eigenvalue weighted by atomic mass is 9.95. The molecule has 0 saturated heterocycles. The van der Waals surface area contributed by atoms with E-state index in [9.17, 15) is 4.79 Å². The third kappa shape index (κ3) is 2.64. The van der Waals surface area contributed by atoms with E-state index >= 15 is 0 Å². The molecule has 0 fully saturated rings. The van der Waals surface area contributed by atoms with Crippen molar-refractivity contribution in [3.8, 4) is 0 Å². The van der Waals surface area contributed by atoms with E-state index in [4.69, 9.17) is 28.6 Å². The summed E-state index contributed by atoms with van der Waals surface area (Å²) in [5.41, 5.74) is 2.23. The van der Waals surface area contributed by atoms with Crippen LogP contribution in [0.25, 0.3) is 0 Å². The summed E-state index contributed by atoms with van der Waals surface area (Å²) in [7, 11) is 3.18. The number of rotatable bonds is 2. The van der Waals surface area contributed by atoms with Crippen LogP contribution in [0.15, 0.2) is 35.5 Å². The summed E-state index contributed by atoms with van der Waals surface area (Å²) >= 11 is 11.2. The van der Waals surface area contributed by atoms with Gasteiger partial charge in [-0.2, -0.15) is 0 Å². The minimum absolute atomic E-state index is 0.330. The molecule has 1 aliphatic heterocycles. The fourth-order valence-corrected chi connectivity index (χ4v) is 2.50. The quantitative estimate of drug-likeness (QED) is 0.672. The van der Waals surface area contributed by atoms with Crippen LogP contribution in [0.4, 0.5) is 0 Å². The number of thiocarbonyl (C=S) groups is 1. The van der Waals surface area contributed by atoms with Gasteiger partial charge in [0.05, 0.1) is 18.7 Å². The zero-order valence-corrected chi connectivity index (χ0v) is 13.0. The summed E-state index contributed by atoms with van der Waals surface area (Å²) in [6.45, 7) is 1.85. The van der Waals surface area contributed by atoms with Crippen molar-refractivity contribution in [3.63, 3.8) is 0 Å². The molecule has 1 N–H and O–H groups in total. The molecule has 1 aromatic rings. The lowest BCUT2D eigenvalue weighted by molar-refractivity contribution is -0.136. The van der Waals surface area contributed by atoms with Gasteiger partial charge in [0, 0.05) is 17.8 Å². The van der Waals surface area contributed by atoms with Crippen LogP contribution in [0.2, 0.25) is 5.02 Å². The number of nitrogens with one attached hydrogen (secondary N) is 1. The largest absolute Gasteiger partial charge is 0.466 e. The zero-order chi connectivity index (χ0) is 14.9. The van der Waals surface area contributed by atoms with Crippen molar-refractivity contribution < 1.29 is 9.53 Å². The molecule has 0 unspecified atom stereocenters. The molecular weight excluding hydrogens is 296 g/mol. The first-order valence-corrected chi connectivity index (χ1v) is 6.83. The van der Waals surface area contributed by atoms with Crippen LogP contribution < -0.4 is 5.32 Å². The molecule has 0 aromatic heterocycles. The molecule has 0 radical (unpaired) electrons. The van der Waals surface area contributed by atoms with Gasteiger partial charge in [-0.15, -0.1) is 0 Å². The molecule has 106 valence electrons. The average molecular weight is 311 g/mol. The van der Waals surface area contributed by atoms with Crippen LogP contribution in [0.5, 0.6) is 0 Å². The number of carbonyl (C=O) groups is 1. The number of halogens is 1. The van der Waals surface area contributed by atoms with Crippen molar-refractivity contribution in [2.24, 2.45) is 0 Å². The van der Waals surface area contributed by atoms with Gasteiger partial charge in [-0.25, -0.2) is 4.79 Å². The smallest absolute Gasteiger partial charge is 0.337 e. The zero-order valence-electron chi connectivity index (χ0n) is 11.4. The van der Waals surface area contributed by atoms with Gasteiger partial charge in [-0.3, -0.25) is 0 Å². The maximum atomic E-state index is 12.1. The minimum atomic E-state index is -0.371. The second-order valence-electron chi connectivity index (χ2n) is 4.48. The number of hydrogen-bond acceptors (Lipinski definition) is 3. The average Bonchev–Trinajstić information content (AvgIpc) is 2.44. The van der Waals surface area contributed by atoms with Crippen LogP contribution in [-0.4, -0.2) is 30.1 Å². The summed E-state index contributed by atoms with van der Waals surface area (Å²) in [6, 6.07) is 6.96. The lowest BCUT2D eigenvalue weighted by Gasteiger charge is -2.35. The van der Waals surface area contributed by atoms with Crippen LogP contribution in [-0.2, 0) is 9.53 Å². The molecule has 0 saturated carbocycles. The van der Waals surface area contributed by atoms with E-state index in [1.54, 1.807) is 17.0 Å². The highest BCUT2D eigenvalue weighted by molar-refractivity contribution is 7.80. The molecule has 0 amide bonds. The van der Waals surface area contributed by atoms with Gasteiger partial charge in [-0.1, -0.05) is 23.7 Å². The molecule has 4 nitrogen and oxygen atoms in total. The van der Waals surface area contributed by atoms with Gasteiger partial charge in [0.15, 0.2) is 5.11 Å². The molecule has 1 atom stereocenters. The normalized spacial score (nSPS) is 18.9. The lowest BCUT2D eigenvalue weighted by Crippen LogP contribution is -2.46. The Morgan fingerprint density at radius 3 is 2.55 bits per heavy atom. The van der Waals surface area contributed by atoms with E-state index in [1.165, 1.54) is 7.11 Å². The fourth-order valence-electron chi connectivity index (χ4n) is 2.12. The summed E-state index contributed by atoms with van der Waals surface area (Å²) in [5.74, 6) is -0.371. The number of esters is 1. The molecule has 1 heterocycles. The Morgan fingerprint density at radius 1 is 1.40 bits per heavy atom. The highest BCUT2D eigenvalue weighted by Gasteiger charge is 2.32. The van der Waals surface area contributed by atoms with Gasteiger partial charge in [0.1, 0.15) is 0 Å². The van der Waals surface area contributed by atoms with E-state index in [1.807, 2.05) is 26.1 Å². The number of ether oxygens (including phenoxy) is 1. The first-order chi connectivity index (χ1) is 9.45. The van der Waals surface area contributed by atoms with Crippen LogP contribution in [0.1, 0.15) is 18.5 Å². The first kappa shape index (κ1) is 14.8. The summed E-state index contributed by atoms with van der Waals surface area (Å²) in [5, 5.41) is 4.36. The van der Waals surface area contributed by atoms with Gasteiger partial charge in [0.2, 0.25) is 0 Å². The van der Waals surface area contributed by atoms with Crippen molar-refractivity contribution in [1.29, 1.82) is 0 Å². The predicted molar refractivity (Wildman–Crippen MR) is 82.4 cm³/mol. The van der Waals surface area contributed by atoms with Crippen molar-refractivity contribution in [3.05, 3.63) is 46.1 Å². The van der Waals surface area contributed by atoms with Gasteiger partial charge in [0.25, 0.3) is 0 Å². The summed E-state index contributed by atoms with van der Waals surface area (Å²) < 4.78 is 4.89. The van der Waals surface area contributed by atoms with Gasteiger partial charge in [-0.05, 0) is 36.8 Å². The molecule has 6 heteroatoms. The SMILES string of the molecule is COC(=O)C1=C(C)N(C)C(=S)N[C@@H]1c1ccc(Cl)cc1. The summed E-state index contributed by atoms with van der Waals surface area (Å²) in [4.78, 5) is 13.8. The van der Waals surface area contributed by atoms with E-state index < -0.39 is 0 Å². The first-order valence-electron chi connectivity index (χ1n) is 6.04. The topological polar surface area (TPSA) is 41.6 Å². The Morgan fingerprint density at radius 2 is 2.00 bits per heavy atom. The van der Waals surface area contributed by atoms with Crippen LogP contribution >= 0.6 is 23.8 Å². The number of allylic oxidation sites excluding steroid dienone is 1. The second-order valence-corrected chi connectivity index (χ2v) is 5.31. The Bertz CT molecular complexity index is 583. The fraction of sp³-hybridized carbons (Fsp3) is 0.286. The van der Waals surface area contributed by atoms with Crippen LogP contribution in [0, 0.1) is 0 Å². The van der Waals surface area contributed by atoms with Crippen molar-refractivity contribution in [2.75, 3.05) is 14.2 Å². The highest BCUT2D eigenvalue weighted by Crippen LogP contribution is 2.31. The highest BCUT2D eigenvalue weighted by atomic mass is 35.5. The van der Waals surface area contributed by atoms with Crippen molar-refractivity contribution in [2.45, 2.75) is 13.0 Å². The number of benzene rings is 1. The molecular formula is C14H15ClN2O2S. The van der Waals surface area contributed by atoms with E-state index in [-0.39, 0.29) is 12.0 Å². The molecule has 0 bridgehead atoms. The van der Waals surface area contributed by atoms with Crippen LogP contribution in [0.3, 0.4) is 0 Å². The Labute approximate surface area is 128 Å². The number of hydrogen-bond donors (Lipinski definition) is 1. The molecule has 2 rings (SSSR count). The Balaban J connectivity index is 2.51. The maximum absolute atomic E-state index is 12.1. The van der Waals surface area contributed by atoms with E-state index in [0.29, 0.717) is 15.7 Å². The maximum Gasteiger partial charge on any atom is 0.337 e. The molecule has 1 aromatic carbocycles. The predicted octanol–water partition coefficient (Wildman–Crippen LogP) is 2.65. The standard InChI is InChI=1S/C14H15ClN2O2S/c1-8-11(13(18)19-3)12(16-14(20)17(8)2)9-4-6-10(15)7-5-9/h4-7,12H,1-3H3,(H,16,20)/t12-/m1/s1. The third-order valence-electron chi connectivity index (χ3n) is 3.36. The van der Waals surface area contributed by atoms with E-state index in [0.717, 1.165) is 11.3 Å². The van der Waals surface area contributed by atoms with Gasteiger partial charge < -0.3 is 15.0 Å². The van der Waals surface area contributed by atoms with Gasteiger partial charge >= 0.3 is 5.97 Å². The number of methoxy groups -OCH3 is 1. The van der Waals surface area contributed by atoms with Crippen molar-refractivity contribution >= 4 is 34.9 Å². The third-order valence-corrected chi connectivity index (χ3v) is 4.01. The molecule has 1 aliphatic rings.